The molecule has 1 aromatic rings. The van der Waals surface area contributed by atoms with E-state index in [0.717, 1.165) is 11.8 Å². The Labute approximate surface area is 105 Å². The molecule has 18 heavy (non-hydrogen) atoms. The van der Waals surface area contributed by atoms with Crippen molar-refractivity contribution in [3.05, 3.63) is 35.4 Å². The van der Waals surface area contributed by atoms with Crippen LogP contribution in [0, 0.1) is 0 Å². The van der Waals surface area contributed by atoms with Crippen LogP contribution >= 0.6 is 0 Å². The maximum absolute atomic E-state index is 11.4. The molecule has 0 saturated heterocycles. The van der Waals surface area contributed by atoms with Gasteiger partial charge in [-0.2, -0.15) is 0 Å². The minimum Gasteiger partial charge on any atom is -0.399 e. The zero-order chi connectivity index (χ0) is 13.4. The largest absolute Gasteiger partial charge is 0.399 e. The van der Waals surface area contributed by atoms with Gasteiger partial charge in [-0.25, -0.2) is 0 Å². The van der Waals surface area contributed by atoms with Crippen LogP contribution in [0.4, 0.5) is 0 Å². The number of hydrogen-bond acceptors (Lipinski definition) is 4. The smallest absolute Gasteiger partial charge is 0.266 e. The van der Waals surface area contributed by atoms with Crippen molar-refractivity contribution in [1.29, 1.82) is 0 Å². The van der Waals surface area contributed by atoms with Crippen LogP contribution in [0.5, 0.6) is 0 Å². The summed E-state index contributed by atoms with van der Waals surface area (Å²) in [5.41, 5.74) is 1.38. The summed E-state index contributed by atoms with van der Waals surface area (Å²) in [5, 5.41) is 8.50. The molecule has 2 amide bonds. The number of oxime groups is 1. The van der Waals surface area contributed by atoms with Crippen LogP contribution in [0.15, 0.2) is 29.4 Å². The van der Waals surface area contributed by atoms with Gasteiger partial charge in [-0.3, -0.25) is 9.59 Å². The molecule has 1 rings (SSSR count). The first kappa shape index (κ1) is 13.7. The third kappa shape index (κ3) is 4.25. The lowest BCUT2D eigenvalue weighted by molar-refractivity contribution is -0.114. The second kappa shape index (κ2) is 7.05. The van der Waals surface area contributed by atoms with Crippen molar-refractivity contribution in [2.24, 2.45) is 5.16 Å². The Balaban J connectivity index is 2.60. The Kier molecular flexibility index (Phi) is 5.37. The number of carbonyl (C=O) groups is 2. The van der Waals surface area contributed by atoms with Gasteiger partial charge in [-0.05, 0) is 17.7 Å². The van der Waals surface area contributed by atoms with Crippen LogP contribution in [0.1, 0.15) is 15.9 Å². The van der Waals surface area contributed by atoms with E-state index in [1.54, 1.807) is 25.2 Å². The van der Waals surface area contributed by atoms with Crippen molar-refractivity contribution in [3.8, 4) is 0 Å². The number of carbonyl (C=O) groups excluding carboxylic acids is 2. The Morgan fingerprint density at radius 2 is 2.22 bits per heavy atom. The zero-order valence-corrected chi connectivity index (χ0v) is 10.3. The predicted molar refractivity (Wildman–Crippen MR) is 67.2 cm³/mol. The number of benzene rings is 1. The number of nitrogens with zero attached hydrogens (tertiary/aromatic N) is 1. The van der Waals surface area contributed by atoms with E-state index in [1.165, 1.54) is 7.11 Å². The Hall–Kier alpha value is -2.37. The lowest BCUT2D eigenvalue weighted by atomic mass is 10.1. The Morgan fingerprint density at radius 3 is 2.89 bits per heavy atom. The fraction of sp³-hybridized carbons (Fsp3) is 0.250. The normalized spacial score (nSPS) is 10.1. The summed E-state index contributed by atoms with van der Waals surface area (Å²) in [7, 11) is 2.93. The molecule has 0 aromatic heterocycles. The molecule has 6 nitrogen and oxygen atoms in total. The summed E-state index contributed by atoms with van der Waals surface area (Å²) in [6, 6.07) is 7.00. The molecule has 0 aliphatic rings. The molecule has 0 bridgehead atoms. The highest BCUT2D eigenvalue weighted by atomic mass is 16.6. The van der Waals surface area contributed by atoms with E-state index in [2.05, 4.69) is 20.6 Å². The highest BCUT2D eigenvalue weighted by Gasteiger charge is 2.04. The molecular weight excluding hydrogens is 234 g/mol. The monoisotopic (exact) mass is 249 g/mol. The molecule has 0 heterocycles. The summed E-state index contributed by atoms with van der Waals surface area (Å²) in [5.74, 6) is -0.522. The molecule has 0 aliphatic carbocycles. The van der Waals surface area contributed by atoms with Crippen molar-refractivity contribution in [1.82, 2.24) is 10.6 Å². The van der Waals surface area contributed by atoms with Gasteiger partial charge in [-0.1, -0.05) is 17.3 Å². The van der Waals surface area contributed by atoms with Crippen LogP contribution in [-0.4, -0.2) is 32.2 Å². The summed E-state index contributed by atoms with van der Waals surface area (Å²) in [6.45, 7) is 0.319. The zero-order valence-electron chi connectivity index (χ0n) is 10.3. The summed E-state index contributed by atoms with van der Waals surface area (Å²) < 4.78 is 0. The predicted octanol–water partition coefficient (Wildman–Crippen LogP) is 0.295. The van der Waals surface area contributed by atoms with Crippen molar-refractivity contribution in [3.63, 3.8) is 0 Å². The molecule has 1 aromatic carbocycles. The molecule has 6 heteroatoms. The van der Waals surface area contributed by atoms with E-state index in [1.807, 2.05) is 6.07 Å². The number of hydrogen-bond donors (Lipinski definition) is 2. The van der Waals surface area contributed by atoms with E-state index in [9.17, 15) is 9.59 Å². The Bertz CT molecular complexity index is 458. The molecule has 0 radical (unpaired) electrons. The maximum atomic E-state index is 11.4. The van der Waals surface area contributed by atoms with Crippen molar-refractivity contribution < 1.29 is 14.4 Å². The first-order valence-corrected chi connectivity index (χ1v) is 5.32. The second-order valence-corrected chi connectivity index (χ2v) is 3.41. The lowest BCUT2D eigenvalue weighted by Gasteiger charge is -2.05. The number of rotatable bonds is 5. The minimum absolute atomic E-state index is 0.163. The lowest BCUT2D eigenvalue weighted by Crippen LogP contribution is -2.24. The van der Waals surface area contributed by atoms with Gasteiger partial charge in [0.1, 0.15) is 13.3 Å². The van der Waals surface area contributed by atoms with Crippen LogP contribution in [-0.2, 0) is 16.2 Å². The van der Waals surface area contributed by atoms with Gasteiger partial charge in [0.15, 0.2) is 0 Å². The van der Waals surface area contributed by atoms with Crippen LogP contribution < -0.4 is 10.6 Å². The topological polar surface area (TPSA) is 79.8 Å². The fourth-order valence-electron chi connectivity index (χ4n) is 1.30. The van der Waals surface area contributed by atoms with E-state index >= 15 is 0 Å². The van der Waals surface area contributed by atoms with Crippen molar-refractivity contribution in [2.75, 3.05) is 14.2 Å². The van der Waals surface area contributed by atoms with Crippen LogP contribution in [0.3, 0.4) is 0 Å². The minimum atomic E-state index is -0.359. The van der Waals surface area contributed by atoms with E-state index in [0.29, 0.717) is 12.1 Å². The third-order valence-electron chi connectivity index (χ3n) is 2.16. The quantitative estimate of drug-likeness (QED) is 0.581. The summed E-state index contributed by atoms with van der Waals surface area (Å²) >= 11 is 0. The molecule has 2 N–H and O–H groups in total. The van der Waals surface area contributed by atoms with Crippen LogP contribution in [0.25, 0.3) is 0 Å². The fourth-order valence-corrected chi connectivity index (χ4v) is 1.30. The third-order valence-corrected chi connectivity index (χ3v) is 2.16. The molecule has 0 spiro atoms. The first-order chi connectivity index (χ1) is 8.67. The second-order valence-electron chi connectivity index (χ2n) is 3.41. The summed E-state index contributed by atoms with van der Waals surface area (Å²) in [6.07, 6.45) is 1.04. The highest BCUT2D eigenvalue weighted by Crippen LogP contribution is 2.04. The average Bonchev–Trinajstić information content (AvgIpc) is 2.42. The van der Waals surface area contributed by atoms with E-state index < -0.39 is 0 Å². The average molecular weight is 249 g/mol. The SMILES string of the molecule is CNC(=O)c1cccc(CNC(=O)/C=N/OC)c1. The molecule has 0 saturated carbocycles. The number of amides is 2. The van der Waals surface area contributed by atoms with Gasteiger partial charge in [0, 0.05) is 19.2 Å². The molecule has 0 fully saturated rings. The Morgan fingerprint density at radius 1 is 1.44 bits per heavy atom. The van der Waals surface area contributed by atoms with Gasteiger partial charge in [0.2, 0.25) is 0 Å². The van der Waals surface area contributed by atoms with Crippen LogP contribution in [0.2, 0.25) is 0 Å². The van der Waals surface area contributed by atoms with E-state index in [-0.39, 0.29) is 11.8 Å². The van der Waals surface area contributed by atoms with E-state index in [4.69, 9.17) is 0 Å². The highest BCUT2D eigenvalue weighted by molar-refractivity contribution is 6.25. The molecule has 0 atom stereocenters. The molecule has 96 valence electrons. The van der Waals surface area contributed by atoms with Crippen molar-refractivity contribution >= 4 is 18.0 Å². The molecule has 0 unspecified atom stereocenters. The molecular formula is C12H15N3O3. The van der Waals surface area contributed by atoms with Crippen molar-refractivity contribution in [2.45, 2.75) is 6.54 Å². The van der Waals surface area contributed by atoms with Gasteiger partial charge >= 0.3 is 0 Å². The number of nitrogens with one attached hydrogen (secondary N) is 2. The van der Waals surface area contributed by atoms with Gasteiger partial charge in [0.05, 0.1) is 0 Å². The summed E-state index contributed by atoms with van der Waals surface area (Å²) in [4.78, 5) is 27.0. The van der Waals surface area contributed by atoms with Gasteiger partial charge < -0.3 is 15.5 Å². The van der Waals surface area contributed by atoms with Gasteiger partial charge in [0.25, 0.3) is 11.8 Å². The molecule has 0 aliphatic heterocycles. The van der Waals surface area contributed by atoms with Gasteiger partial charge in [-0.15, -0.1) is 0 Å². The standard InChI is InChI=1S/C12H15N3O3/c1-13-12(17)10-5-3-4-9(6-10)7-14-11(16)8-15-18-2/h3-6,8H,7H2,1-2H3,(H,13,17)(H,14,16)/b15-8+. The first-order valence-electron chi connectivity index (χ1n) is 5.32. The maximum Gasteiger partial charge on any atom is 0.266 e.